The lowest BCUT2D eigenvalue weighted by molar-refractivity contribution is 0.102. The smallest absolute Gasteiger partial charge is 0.488 e. The van der Waals surface area contributed by atoms with Gasteiger partial charge in [0.2, 0.25) is 0 Å². The number of benzene rings is 3. The molecule has 35 heavy (non-hydrogen) atoms. The first-order valence-electron chi connectivity index (χ1n) is 10.9. The van der Waals surface area contributed by atoms with Gasteiger partial charge < -0.3 is 25.1 Å². The average molecular weight is 467 g/mol. The van der Waals surface area contributed by atoms with E-state index in [2.05, 4.69) is 15.4 Å². The summed E-state index contributed by atoms with van der Waals surface area (Å²) in [5.74, 6) is 1.40. The van der Waals surface area contributed by atoms with Crippen molar-refractivity contribution >= 4 is 35.3 Å². The van der Waals surface area contributed by atoms with Crippen molar-refractivity contribution in [2.45, 2.75) is 6.54 Å². The van der Waals surface area contributed by atoms with Crippen molar-refractivity contribution in [1.29, 1.82) is 0 Å². The quantitative estimate of drug-likeness (QED) is 0.273. The van der Waals surface area contributed by atoms with Gasteiger partial charge in [-0.25, -0.2) is 4.98 Å². The molecule has 0 saturated heterocycles. The number of carbonyl (C=O) groups is 1. The molecule has 0 atom stereocenters. The van der Waals surface area contributed by atoms with Gasteiger partial charge in [-0.3, -0.25) is 9.48 Å². The highest BCUT2D eigenvalue weighted by Crippen LogP contribution is 2.25. The molecule has 0 aliphatic heterocycles. The zero-order valence-corrected chi connectivity index (χ0v) is 18.8. The van der Waals surface area contributed by atoms with Crippen LogP contribution in [0.4, 0.5) is 5.82 Å². The Morgan fingerprint density at radius 2 is 1.80 bits per heavy atom. The second kappa shape index (κ2) is 9.45. The molecule has 2 aromatic heterocycles. The summed E-state index contributed by atoms with van der Waals surface area (Å²) in [7, 11) is 0.0310. The first-order valence-corrected chi connectivity index (χ1v) is 10.9. The van der Waals surface area contributed by atoms with Gasteiger partial charge in [-0.15, -0.1) is 0 Å². The number of imidazole rings is 1. The summed E-state index contributed by atoms with van der Waals surface area (Å²) in [6.07, 6.45) is 0. The predicted molar refractivity (Wildman–Crippen MR) is 134 cm³/mol. The lowest BCUT2D eigenvalue weighted by Gasteiger charge is -2.07. The van der Waals surface area contributed by atoms with Gasteiger partial charge in [-0.1, -0.05) is 36.4 Å². The van der Waals surface area contributed by atoms with E-state index in [9.17, 15) is 14.8 Å². The summed E-state index contributed by atoms with van der Waals surface area (Å²) in [4.78, 5) is 20.8. The van der Waals surface area contributed by atoms with Crippen molar-refractivity contribution in [3.05, 3.63) is 90.0 Å². The first kappa shape index (κ1) is 22.4. The van der Waals surface area contributed by atoms with Gasteiger partial charge in [-0.05, 0) is 47.4 Å². The van der Waals surface area contributed by atoms with E-state index in [0.717, 1.165) is 22.3 Å². The van der Waals surface area contributed by atoms with Crippen LogP contribution in [0.1, 0.15) is 15.9 Å². The fourth-order valence-electron chi connectivity index (χ4n) is 3.76. The highest BCUT2D eigenvalue weighted by atomic mass is 16.5. The van der Waals surface area contributed by atoms with E-state index in [1.165, 1.54) is 24.3 Å². The maximum atomic E-state index is 12.8. The topological polar surface area (TPSA) is 125 Å². The molecule has 0 aliphatic carbocycles. The monoisotopic (exact) mass is 467 g/mol. The number of nitrogens with one attached hydrogen (secondary N) is 2. The Hall–Kier alpha value is -4.41. The van der Waals surface area contributed by atoms with Crippen LogP contribution >= 0.6 is 0 Å². The van der Waals surface area contributed by atoms with Crippen molar-refractivity contribution in [1.82, 2.24) is 19.7 Å². The molecular formula is C25H22BN5O4. The lowest BCUT2D eigenvalue weighted by Crippen LogP contribution is -2.29. The second-order valence-electron chi connectivity index (χ2n) is 7.97. The second-order valence-corrected chi connectivity index (χ2v) is 7.97. The number of hydrogen-bond acceptors (Lipinski definition) is 6. The van der Waals surface area contributed by atoms with E-state index in [1.54, 1.807) is 17.9 Å². The van der Waals surface area contributed by atoms with E-state index in [1.807, 2.05) is 48.5 Å². The Bertz CT molecular complexity index is 1440. The van der Waals surface area contributed by atoms with Gasteiger partial charge in [0, 0.05) is 11.6 Å². The van der Waals surface area contributed by atoms with Gasteiger partial charge in [0.1, 0.15) is 11.4 Å². The Labute approximate surface area is 201 Å². The largest absolute Gasteiger partial charge is 0.497 e. The Kier molecular flexibility index (Phi) is 6.05. The molecule has 10 heteroatoms. The van der Waals surface area contributed by atoms with Crippen molar-refractivity contribution in [2.24, 2.45) is 0 Å². The van der Waals surface area contributed by atoms with Crippen LogP contribution in [0.15, 0.2) is 78.9 Å². The van der Waals surface area contributed by atoms with E-state index < -0.39 is 7.12 Å². The number of methoxy groups -OCH3 is 1. The number of hydrogen-bond donors (Lipinski definition) is 4. The van der Waals surface area contributed by atoms with Crippen LogP contribution in [0.3, 0.4) is 0 Å². The minimum Gasteiger partial charge on any atom is -0.497 e. The summed E-state index contributed by atoms with van der Waals surface area (Å²) in [5.41, 5.74) is 4.11. The van der Waals surface area contributed by atoms with Crippen molar-refractivity contribution < 1.29 is 19.6 Å². The highest BCUT2D eigenvalue weighted by molar-refractivity contribution is 6.58. The SMILES string of the molecule is COc1ccc(Cn2nc(NC(=O)c3ccc(B(O)O)cc3)cc2-c2nc3ccccc3[nH]2)cc1. The van der Waals surface area contributed by atoms with Gasteiger partial charge in [0.25, 0.3) is 5.91 Å². The van der Waals surface area contributed by atoms with Gasteiger partial charge >= 0.3 is 7.12 Å². The van der Waals surface area contributed by atoms with Gasteiger partial charge in [0.05, 0.1) is 24.7 Å². The van der Waals surface area contributed by atoms with Crippen molar-refractivity contribution in [3.8, 4) is 17.3 Å². The molecule has 9 nitrogen and oxygen atoms in total. The molecule has 0 radical (unpaired) electrons. The number of ether oxygens (including phenoxy) is 1. The van der Waals surface area contributed by atoms with Crippen LogP contribution < -0.4 is 15.5 Å². The molecule has 0 unspecified atom stereocenters. The normalized spacial score (nSPS) is 10.9. The standard InChI is InChI=1S/C25H22BN5O4/c1-35-19-12-6-16(7-13-19)15-31-22(24-27-20-4-2-3-5-21(20)28-24)14-23(30-31)29-25(32)17-8-10-18(11-9-17)26(33)34/h2-14,33-34H,15H2,1H3,(H,27,28)(H,29,30,32). The zero-order valence-electron chi connectivity index (χ0n) is 18.8. The molecular weight excluding hydrogens is 445 g/mol. The van der Waals surface area contributed by atoms with Crippen LogP contribution in [0.5, 0.6) is 5.75 Å². The Morgan fingerprint density at radius 1 is 1.06 bits per heavy atom. The number of aromatic nitrogens is 4. The number of amides is 1. The van der Waals surface area contributed by atoms with Gasteiger partial charge in [-0.2, -0.15) is 5.10 Å². The predicted octanol–water partition coefficient (Wildman–Crippen LogP) is 2.42. The molecule has 5 aromatic rings. The summed E-state index contributed by atoms with van der Waals surface area (Å²) in [5, 5.41) is 26.0. The molecule has 0 aliphatic rings. The van der Waals surface area contributed by atoms with E-state index in [4.69, 9.17) is 9.72 Å². The number of aromatic amines is 1. The van der Waals surface area contributed by atoms with E-state index in [0.29, 0.717) is 34.9 Å². The van der Waals surface area contributed by atoms with Crippen LogP contribution in [-0.2, 0) is 6.54 Å². The van der Waals surface area contributed by atoms with Crippen molar-refractivity contribution in [2.75, 3.05) is 12.4 Å². The number of anilines is 1. The summed E-state index contributed by atoms with van der Waals surface area (Å²) in [6, 6.07) is 23.2. The lowest BCUT2D eigenvalue weighted by atomic mass is 9.80. The molecule has 0 spiro atoms. The first-order chi connectivity index (χ1) is 17.0. The van der Waals surface area contributed by atoms with Crippen LogP contribution in [0, 0.1) is 0 Å². The molecule has 0 saturated carbocycles. The third-order valence-electron chi connectivity index (χ3n) is 5.62. The number of rotatable bonds is 7. The third kappa shape index (κ3) is 4.79. The zero-order chi connectivity index (χ0) is 24.4. The molecule has 1 amide bonds. The molecule has 3 aromatic carbocycles. The van der Waals surface area contributed by atoms with E-state index in [-0.39, 0.29) is 5.91 Å². The summed E-state index contributed by atoms with van der Waals surface area (Å²) in [6.45, 7) is 0.454. The van der Waals surface area contributed by atoms with Crippen LogP contribution in [-0.4, -0.2) is 49.9 Å². The van der Waals surface area contributed by atoms with E-state index >= 15 is 0 Å². The Balaban J connectivity index is 1.47. The highest BCUT2D eigenvalue weighted by Gasteiger charge is 2.17. The summed E-state index contributed by atoms with van der Waals surface area (Å²) >= 11 is 0. The Morgan fingerprint density at radius 3 is 2.49 bits per heavy atom. The molecule has 5 rings (SSSR count). The third-order valence-corrected chi connectivity index (χ3v) is 5.62. The van der Waals surface area contributed by atoms with Crippen LogP contribution in [0.2, 0.25) is 0 Å². The number of fused-ring (bicyclic) bond motifs is 1. The minimum absolute atomic E-state index is 0.303. The molecule has 0 fully saturated rings. The fraction of sp³-hybridized carbons (Fsp3) is 0.0800. The molecule has 2 heterocycles. The number of nitrogens with zero attached hydrogens (tertiary/aromatic N) is 3. The van der Waals surface area contributed by atoms with Crippen molar-refractivity contribution in [3.63, 3.8) is 0 Å². The van der Waals surface area contributed by atoms with Gasteiger partial charge in [0.15, 0.2) is 11.6 Å². The number of para-hydroxylation sites is 2. The maximum absolute atomic E-state index is 12.8. The molecule has 0 bridgehead atoms. The van der Waals surface area contributed by atoms with Crippen LogP contribution in [0.25, 0.3) is 22.6 Å². The maximum Gasteiger partial charge on any atom is 0.488 e. The fourth-order valence-corrected chi connectivity index (χ4v) is 3.76. The average Bonchev–Trinajstić information content (AvgIpc) is 3.48. The molecule has 174 valence electrons. The number of carbonyl (C=O) groups excluding carboxylic acids is 1. The number of H-pyrrole nitrogens is 1. The molecule has 4 N–H and O–H groups in total. The minimum atomic E-state index is -1.59. The summed E-state index contributed by atoms with van der Waals surface area (Å²) < 4.78 is 7.02.